The number of carbonyl (C=O) groups excluding carboxylic acids is 1. The summed E-state index contributed by atoms with van der Waals surface area (Å²) in [5.41, 5.74) is 6.53. The summed E-state index contributed by atoms with van der Waals surface area (Å²) in [5, 5.41) is 8.96. The smallest absolute Gasteiger partial charge is 0.335 e. The summed E-state index contributed by atoms with van der Waals surface area (Å²) in [6.07, 6.45) is 1.98. The first-order chi connectivity index (χ1) is 7.09. The van der Waals surface area contributed by atoms with E-state index in [4.69, 9.17) is 10.8 Å². The molecule has 0 saturated heterocycles. The molecule has 0 radical (unpaired) electrons. The number of primary amides is 1. The lowest BCUT2D eigenvalue weighted by Crippen LogP contribution is -2.12. The number of aromatic carboxylic acids is 1. The van der Waals surface area contributed by atoms with Crippen molar-refractivity contribution >= 4 is 11.9 Å². The monoisotopic (exact) mass is 205 g/mol. The summed E-state index contributed by atoms with van der Waals surface area (Å²) >= 11 is 0. The quantitative estimate of drug-likeness (QED) is 0.781. The van der Waals surface area contributed by atoms with Gasteiger partial charge in [-0.3, -0.25) is 4.79 Å². The maximum atomic E-state index is 11.0. The fourth-order valence-electron chi connectivity index (χ4n) is 1.64. The van der Waals surface area contributed by atoms with Crippen LogP contribution in [0.4, 0.5) is 0 Å². The highest BCUT2D eigenvalue weighted by molar-refractivity contribution is 5.96. The van der Waals surface area contributed by atoms with Gasteiger partial charge in [-0.1, -0.05) is 0 Å². The van der Waals surface area contributed by atoms with Crippen molar-refractivity contribution in [1.29, 1.82) is 0 Å². The van der Waals surface area contributed by atoms with Gasteiger partial charge in [-0.15, -0.1) is 0 Å². The minimum Gasteiger partial charge on any atom is -0.478 e. The summed E-state index contributed by atoms with van der Waals surface area (Å²) in [6.45, 7) is 0. The molecule has 78 valence electrons. The zero-order valence-electron chi connectivity index (χ0n) is 8.06. The van der Waals surface area contributed by atoms with Gasteiger partial charge in [0.05, 0.1) is 5.56 Å². The van der Waals surface area contributed by atoms with Gasteiger partial charge in [0.15, 0.2) is 0 Å². The Kier molecular flexibility index (Phi) is 2.19. The number of benzene rings is 1. The molecular formula is C11H11NO3. The molecule has 2 rings (SSSR count). The van der Waals surface area contributed by atoms with Crippen molar-refractivity contribution in [2.24, 2.45) is 5.73 Å². The van der Waals surface area contributed by atoms with E-state index in [2.05, 4.69) is 0 Å². The first-order valence-corrected chi connectivity index (χ1v) is 4.76. The molecule has 0 spiro atoms. The van der Waals surface area contributed by atoms with E-state index < -0.39 is 11.9 Å². The van der Waals surface area contributed by atoms with E-state index in [0.717, 1.165) is 18.4 Å². The Labute approximate surface area is 86.7 Å². The van der Waals surface area contributed by atoms with Crippen LogP contribution in [0.5, 0.6) is 0 Å². The highest BCUT2D eigenvalue weighted by Crippen LogP contribution is 2.41. The molecule has 1 aliphatic carbocycles. The fourth-order valence-corrected chi connectivity index (χ4v) is 1.64. The lowest BCUT2D eigenvalue weighted by molar-refractivity contribution is 0.0695. The van der Waals surface area contributed by atoms with Gasteiger partial charge in [0.25, 0.3) is 0 Å². The first-order valence-electron chi connectivity index (χ1n) is 4.76. The number of hydrogen-bond acceptors (Lipinski definition) is 2. The van der Waals surface area contributed by atoms with Gasteiger partial charge in [0, 0.05) is 5.56 Å². The van der Waals surface area contributed by atoms with Gasteiger partial charge in [0.1, 0.15) is 0 Å². The Balaban J connectivity index is 2.48. The molecule has 1 amide bonds. The summed E-state index contributed by atoms with van der Waals surface area (Å²) in [6, 6.07) is 4.51. The van der Waals surface area contributed by atoms with E-state index in [1.165, 1.54) is 12.1 Å². The average molecular weight is 205 g/mol. The molecule has 0 unspecified atom stereocenters. The standard InChI is InChI=1S/C11H11NO3/c12-10(13)7-3-4-8(11(14)15)9(5-7)6-1-2-6/h3-6H,1-2H2,(H2,12,13)(H,14,15). The van der Waals surface area contributed by atoms with Crippen molar-refractivity contribution < 1.29 is 14.7 Å². The number of carbonyl (C=O) groups is 2. The van der Waals surface area contributed by atoms with Crippen LogP contribution in [0.3, 0.4) is 0 Å². The van der Waals surface area contributed by atoms with Crippen molar-refractivity contribution in [1.82, 2.24) is 0 Å². The summed E-state index contributed by atoms with van der Waals surface area (Å²) in [4.78, 5) is 21.9. The van der Waals surface area contributed by atoms with Gasteiger partial charge >= 0.3 is 5.97 Å². The minimum atomic E-state index is -0.951. The second kappa shape index (κ2) is 3.38. The molecule has 1 fully saturated rings. The third kappa shape index (κ3) is 1.83. The predicted molar refractivity (Wildman–Crippen MR) is 53.9 cm³/mol. The van der Waals surface area contributed by atoms with E-state index in [0.29, 0.717) is 5.56 Å². The maximum absolute atomic E-state index is 11.0. The predicted octanol–water partition coefficient (Wildman–Crippen LogP) is 1.36. The minimum absolute atomic E-state index is 0.280. The van der Waals surface area contributed by atoms with Crippen LogP contribution in [0, 0.1) is 0 Å². The van der Waals surface area contributed by atoms with Crippen molar-refractivity contribution in [2.75, 3.05) is 0 Å². The second-order valence-electron chi connectivity index (χ2n) is 3.75. The highest BCUT2D eigenvalue weighted by Gasteiger charge is 2.28. The Bertz CT molecular complexity index is 435. The van der Waals surface area contributed by atoms with Gasteiger partial charge < -0.3 is 10.8 Å². The van der Waals surface area contributed by atoms with Gasteiger partial charge in [0.2, 0.25) is 5.91 Å². The Hall–Kier alpha value is -1.84. The average Bonchev–Trinajstić information content (AvgIpc) is 2.99. The molecule has 0 aliphatic heterocycles. The zero-order valence-corrected chi connectivity index (χ0v) is 8.06. The lowest BCUT2D eigenvalue weighted by Gasteiger charge is -2.05. The molecule has 1 aromatic carbocycles. The van der Waals surface area contributed by atoms with Crippen molar-refractivity contribution in [3.8, 4) is 0 Å². The summed E-state index contributed by atoms with van der Waals surface area (Å²) in [7, 11) is 0. The van der Waals surface area contributed by atoms with Crippen molar-refractivity contribution in [2.45, 2.75) is 18.8 Å². The third-order valence-electron chi connectivity index (χ3n) is 2.58. The van der Waals surface area contributed by atoms with Gasteiger partial charge in [-0.05, 0) is 42.5 Å². The van der Waals surface area contributed by atoms with E-state index >= 15 is 0 Å². The SMILES string of the molecule is NC(=O)c1ccc(C(=O)O)c(C2CC2)c1. The van der Waals surface area contributed by atoms with Crippen LogP contribution in [0.2, 0.25) is 0 Å². The number of carboxylic acids is 1. The van der Waals surface area contributed by atoms with E-state index in [9.17, 15) is 9.59 Å². The molecule has 4 nitrogen and oxygen atoms in total. The van der Waals surface area contributed by atoms with Crippen molar-refractivity contribution in [3.05, 3.63) is 34.9 Å². The summed E-state index contributed by atoms with van der Waals surface area (Å²) < 4.78 is 0. The molecule has 3 N–H and O–H groups in total. The first kappa shape index (κ1) is 9.71. The Morgan fingerprint density at radius 3 is 2.47 bits per heavy atom. The van der Waals surface area contributed by atoms with Crippen LogP contribution < -0.4 is 5.73 Å². The molecule has 1 aromatic rings. The fraction of sp³-hybridized carbons (Fsp3) is 0.273. The third-order valence-corrected chi connectivity index (χ3v) is 2.58. The molecule has 4 heteroatoms. The number of nitrogens with two attached hydrogens (primary N) is 1. The molecule has 0 heterocycles. The second-order valence-corrected chi connectivity index (χ2v) is 3.75. The van der Waals surface area contributed by atoms with Crippen LogP contribution >= 0.6 is 0 Å². The maximum Gasteiger partial charge on any atom is 0.335 e. The molecule has 15 heavy (non-hydrogen) atoms. The zero-order chi connectivity index (χ0) is 11.0. The Morgan fingerprint density at radius 1 is 1.33 bits per heavy atom. The van der Waals surface area contributed by atoms with Gasteiger partial charge in [-0.2, -0.15) is 0 Å². The summed E-state index contributed by atoms with van der Waals surface area (Å²) in [5.74, 6) is -1.18. The van der Waals surface area contributed by atoms with Crippen LogP contribution in [-0.2, 0) is 0 Å². The van der Waals surface area contributed by atoms with Crippen LogP contribution in [0.15, 0.2) is 18.2 Å². The number of carboxylic acid groups (broad SMARTS) is 1. The van der Waals surface area contributed by atoms with Crippen LogP contribution in [0.25, 0.3) is 0 Å². The number of amides is 1. The van der Waals surface area contributed by atoms with Crippen molar-refractivity contribution in [3.63, 3.8) is 0 Å². The van der Waals surface area contributed by atoms with Crippen LogP contribution in [0.1, 0.15) is 45.0 Å². The van der Waals surface area contributed by atoms with E-state index in [1.807, 2.05) is 0 Å². The molecule has 1 aliphatic rings. The van der Waals surface area contributed by atoms with Gasteiger partial charge in [-0.25, -0.2) is 4.79 Å². The number of rotatable bonds is 3. The molecular weight excluding hydrogens is 194 g/mol. The largest absolute Gasteiger partial charge is 0.478 e. The molecule has 0 bridgehead atoms. The highest BCUT2D eigenvalue weighted by atomic mass is 16.4. The van der Waals surface area contributed by atoms with Crippen LogP contribution in [-0.4, -0.2) is 17.0 Å². The lowest BCUT2D eigenvalue weighted by atomic mass is 10.00. The van der Waals surface area contributed by atoms with E-state index in [1.54, 1.807) is 6.07 Å². The normalized spacial score (nSPS) is 14.9. The Morgan fingerprint density at radius 2 is 2.00 bits per heavy atom. The molecule has 1 saturated carbocycles. The molecule has 0 aromatic heterocycles. The van der Waals surface area contributed by atoms with E-state index in [-0.39, 0.29) is 11.5 Å². The molecule has 0 atom stereocenters. The topological polar surface area (TPSA) is 80.4 Å². The number of hydrogen-bond donors (Lipinski definition) is 2.